The van der Waals surface area contributed by atoms with Gasteiger partial charge in [-0.15, -0.1) is 0 Å². The van der Waals surface area contributed by atoms with Crippen LogP contribution in [-0.4, -0.2) is 18.4 Å². The minimum absolute atomic E-state index is 0.0871. The third-order valence-corrected chi connectivity index (χ3v) is 4.54. The summed E-state index contributed by atoms with van der Waals surface area (Å²) in [5.74, 6) is -1.05. The minimum Gasteiger partial charge on any atom is -0.426 e. The van der Waals surface area contributed by atoms with E-state index in [9.17, 15) is 14.0 Å². The molecule has 1 aliphatic heterocycles. The van der Waals surface area contributed by atoms with E-state index in [1.54, 1.807) is 6.07 Å². The molecule has 1 aliphatic rings. The minimum atomic E-state index is -0.543. The lowest BCUT2D eigenvalue weighted by atomic mass is 10.1. The first-order valence-corrected chi connectivity index (χ1v) is 8.36. The maximum absolute atomic E-state index is 13.1. The molecule has 1 fully saturated rings. The molecule has 3 aromatic rings. The molecule has 26 heavy (non-hydrogen) atoms. The number of carbonyl (C=O) groups excluding carboxylic acids is 2. The smallest absolute Gasteiger partial charge is 0.316 e. The van der Waals surface area contributed by atoms with Crippen molar-refractivity contribution in [3.05, 3.63) is 72.5 Å². The van der Waals surface area contributed by atoms with Crippen LogP contribution < -0.4 is 9.64 Å². The molecule has 0 aliphatic carbocycles. The predicted molar refractivity (Wildman–Crippen MR) is 96.4 cm³/mol. The molecule has 1 heterocycles. The number of amides is 1. The molecule has 0 unspecified atom stereocenters. The first-order chi connectivity index (χ1) is 12.6. The Morgan fingerprint density at radius 2 is 1.73 bits per heavy atom. The fourth-order valence-electron chi connectivity index (χ4n) is 3.17. The van der Waals surface area contributed by atoms with Gasteiger partial charge in [-0.25, -0.2) is 4.39 Å². The van der Waals surface area contributed by atoms with E-state index in [2.05, 4.69) is 0 Å². The van der Waals surface area contributed by atoms with Crippen LogP contribution in [0.15, 0.2) is 66.7 Å². The summed E-state index contributed by atoms with van der Waals surface area (Å²) in [6.07, 6.45) is 0.0871. The Morgan fingerprint density at radius 1 is 1.00 bits per heavy atom. The SMILES string of the molecule is O=C(Oc1ccc2ccccc2c1)[C@H]1CC(=O)N(c2ccc(F)cc2)C1. The van der Waals surface area contributed by atoms with E-state index in [-0.39, 0.29) is 24.7 Å². The number of rotatable bonds is 3. The summed E-state index contributed by atoms with van der Waals surface area (Å²) in [5.41, 5.74) is 0.581. The van der Waals surface area contributed by atoms with Crippen LogP contribution in [0.3, 0.4) is 0 Å². The van der Waals surface area contributed by atoms with E-state index < -0.39 is 11.9 Å². The second-order valence-electron chi connectivity index (χ2n) is 6.31. The van der Waals surface area contributed by atoms with E-state index in [1.807, 2.05) is 36.4 Å². The number of halogens is 1. The van der Waals surface area contributed by atoms with Gasteiger partial charge in [-0.05, 0) is 47.2 Å². The summed E-state index contributed by atoms with van der Waals surface area (Å²) < 4.78 is 18.5. The predicted octanol–water partition coefficient (Wildman–Crippen LogP) is 3.94. The van der Waals surface area contributed by atoms with E-state index in [4.69, 9.17) is 4.74 Å². The van der Waals surface area contributed by atoms with Gasteiger partial charge in [0.15, 0.2) is 0 Å². The van der Waals surface area contributed by atoms with Gasteiger partial charge < -0.3 is 9.64 Å². The Hall–Kier alpha value is -3.21. The van der Waals surface area contributed by atoms with Gasteiger partial charge in [0, 0.05) is 18.7 Å². The fourth-order valence-corrected chi connectivity index (χ4v) is 3.17. The van der Waals surface area contributed by atoms with Gasteiger partial charge in [0.1, 0.15) is 11.6 Å². The van der Waals surface area contributed by atoms with Crippen molar-refractivity contribution in [1.82, 2.24) is 0 Å². The molecule has 0 bridgehead atoms. The summed E-state index contributed by atoms with van der Waals surface area (Å²) in [5, 5.41) is 2.04. The Bertz CT molecular complexity index is 984. The summed E-state index contributed by atoms with van der Waals surface area (Å²) in [6.45, 7) is 0.233. The molecular weight excluding hydrogens is 333 g/mol. The molecule has 1 atom stereocenters. The zero-order chi connectivity index (χ0) is 18.1. The van der Waals surface area contributed by atoms with Gasteiger partial charge in [-0.2, -0.15) is 0 Å². The lowest BCUT2D eigenvalue weighted by Crippen LogP contribution is -2.27. The maximum atomic E-state index is 13.1. The lowest BCUT2D eigenvalue weighted by Gasteiger charge is -2.16. The highest BCUT2D eigenvalue weighted by Crippen LogP contribution is 2.27. The molecule has 1 saturated heterocycles. The van der Waals surface area contributed by atoms with Gasteiger partial charge >= 0.3 is 5.97 Å². The van der Waals surface area contributed by atoms with Crippen molar-refractivity contribution in [2.75, 3.05) is 11.4 Å². The van der Waals surface area contributed by atoms with Crippen LogP contribution in [0.25, 0.3) is 10.8 Å². The number of nitrogens with zero attached hydrogens (tertiary/aromatic N) is 1. The molecule has 0 spiro atoms. The average Bonchev–Trinajstić information content (AvgIpc) is 3.04. The number of carbonyl (C=O) groups is 2. The van der Waals surface area contributed by atoms with Crippen LogP contribution in [0.5, 0.6) is 5.75 Å². The second-order valence-corrected chi connectivity index (χ2v) is 6.31. The topological polar surface area (TPSA) is 46.6 Å². The van der Waals surface area contributed by atoms with E-state index in [0.717, 1.165) is 10.8 Å². The highest BCUT2D eigenvalue weighted by molar-refractivity contribution is 5.99. The summed E-state index contributed by atoms with van der Waals surface area (Å²) in [7, 11) is 0. The molecule has 0 radical (unpaired) electrons. The van der Waals surface area contributed by atoms with Gasteiger partial charge in [0.05, 0.1) is 5.92 Å². The Kier molecular flexibility index (Phi) is 4.13. The number of fused-ring (bicyclic) bond motifs is 1. The Balaban J connectivity index is 1.48. The van der Waals surface area contributed by atoms with Crippen molar-refractivity contribution in [3.63, 3.8) is 0 Å². The zero-order valence-corrected chi connectivity index (χ0v) is 13.9. The molecular formula is C21H16FNO3. The molecule has 130 valence electrons. The molecule has 0 saturated carbocycles. The van der Waals surface area contributed by atoms with Crippen molar-refractivity contribution >= 4 is 28.3 Å². The quantitative estimate of drug-likeness (QED) is 0.532. The monoisotopic (exact) mass is 349 g/mol. The van der Waals surface area contributed by atoms with Gasteiger partial charge in [0.2, 0.25) is 5.91 Å². The van der Waals surface area contributed by atoms with Crippen LogP contribution in [0.4, 0.5) is 10.1 Å². The van der Waals surface area contributed by atoms with Gasteiger partial charge in [-0.1, -0.05) is 30.3 Å². The molecule has 4 nitrogen and oxygen atoms in total. The first-order valence-electron chi connectivity index (χ1n) is 8.36. The van der Waals surface area contributed by atoms with Crippen molar-refractivity contribution in [2.24, 2.45) is 5.92 Å². The van der Waals surface area contributed by atoms with E-state index >= 15 is 0 Å². The summed E-state index contributed by atoms with van der Waals surface area (Å²) >= 11 is 0. The van der Waals surface area contributed by atoms with E-state index in [1.165, 1.54) is 29.2 Å². The van der Waals surface area contributed by atoms with Crippen molar-refractivity contribution in [1.29, 1.82) is 0 Å². The fraction of sp³-hybridized carbons (Fsp3) is 0.143. The largest absolute Gasteiger partial charge is 0.426 e. The molecule has 5 heteroatoms. The summed E-state index contributed by atoms with van der Waals surface area (Å²) in [6, 6.07) is 18.9. The van der Waals surface area contributed by atoms with E-state index in [0.29, 0.717) is 11.4 Å². The van der Waals surface area contributed by atoms with Crippen LogP contribution in [-0.2, 0) is 9.59 Å². The number of hydrogen-bond acceptors (Lipinski definition) is 3. The van der Waals surface area contributed by atoms with Crippen LogP contribution in [0, 0.1) is 11.7 Å². The molecule has 1 amide bonds. The number of ether oxygens (including phenoxy) is 1. The Morgan fingerprint density at radius 3 is 2.50 bits per heavy atom. The lowest BCUT2D eigenvalue weighted by molar-refractivity contribution is -0.139. The van der Waals surface area contributed by atoms with Crippen molar-refractivity contribution in [2.45, 2.75) is 6.42 Å². The maximum Gasteiger partial charge on any atom is 0.316 e. The number of anilines is 1. The molecule has 3 aromatic carbocycles. The number of hydrogen-bond donors (Lipinski definition) is 0. The molecule has 0 N–H and O–H groups in total. The van der Waals surface area contributed by atoms with Crippen LogP contribution in [0.1, 0.15) is 6.42 Å². The van der Waals surface area contributed by atoms with Crippen LogP contribution in [0.2, 0.25) is 0 Å². The van der Waals surface area contributed by atoms with Crippen molar-refractivity contribution < 1.29 is 18.7 Å². The number of benzene rings is 3. The van der Waals surface area contributed by atoms with Crippen LogP contribution >= 0.6 is 0 Å². The normalized spacial score (nSPS) is 16.9. The van der Waals surface area contributed by atoms with Crippen molar-refractivity contribution in [3.8, 4) is 5.75 Å². The molecule has 0 aromatic heterocycles. The summed E-state index contributed by atoms with van der Waals surface area (Å²) in [4.78, 5) is 26.2. The highest BCUT2D eigenvalue weighted by atomic mass is 19.1. The Labute approximate surface area is 149 Å². The third-order valence-electron chi connectivity index (χ3n) is 4.54. The zero-order valence-electron chi connectivity index (χ0n) is 13.9. The number of esters is 1. The van der Waals surface area contributed by atoms with Gasteiger partial charge in [-0.3, -0.25) is 9.59 Å². The molecule has 4 rings (SSSR count). The van der Waals surface area contributed by atoms with Gasteiger partial charge in [0.25, 0.3) is 0 Å². The average molecular weight is 349 g/mol. The second kappa shape index (κ2) is 6.59. The highest BCUT2D eigenvalue weighted by Gasteiger charge is 2.36. The first kappa shape index (κ1) is 16.3. The third kappa shape index (κ3) is 3.16. The standard InChI is InChI=1S/C21H16FNO3/c22-17-6-8-18(9-7-17)23-13-16(12-20(23)24)21(25)26-19-10-5-14-3-1-2-4-15(14)11-19/h1-11,16H,12-13H2/t16-/m0/s1.